The van der Waals surface area contributed by atoms with E-state index in [1.807, 2.05) is 31.3 Å². The van der Waals surface area contributed by atoms with Crippen LogP contribution in [-0.4, -0.2) is 18.1 Å². The van der Waals surface area contributed by atoms with Gasteiger partial charge in [-0.05, 0) is 42.8 Å². The van der Waals surface area contributed by atoms with Gasteiger partial charge in [-0.1, -0.05) is 29.8 Å². The zero-order valence-corrected chi connectivity index (χ0v) is 12.1. The first-order chi connectivity index (χ1) is 9.50. The van der Waals surface area contributed by atoms with Crippen LogP contribution in [0.1, 0.15) is 28.9 Å². The van der Waals surface area contributed by atoms with Gasteiger partial charge in [-0.15, -0.1) is 0 Å². The van der Waals surface area contributed by atoms with Gasteiger partial charge in [-0.2, -0.15) is 0 Å². The molecule has 1 atom stereocenters. The van der Waals surface area contributed by atoms with Gasteiger partial charge < -0.3 is 10.0 Å². The molecule has 4 heteroatoms. The summed E-state index contributed by atoms with van der Waals surface area (Å²) >= 11 is 6.21. The smallest absolute Gasteiger partial charge is 0.335 e. The van der Waals surface area contributed by atoms with Crippen LogP contribution in [0.5, 0.6) is 0 Å². The van der Waals surface area contributed by atoms with Crippen LogP contribution in [0, 0.1) is 0 Å². The molecule has 0 aliphatic rings. The van der Waals surface area contributed by atoms with Gasteiger partial charge >= 0.3 is 5.97 Å². The molecule has 0 fully saturated rings. The molecule has 0 amide bonds. The number of nitrogens with zero attached hydrogens (tertiary/aromatic N) is 1. The Balaban J connectivity index is 2.24. The molecule has 2 aromatic carbocycles. The molecule has 3 nitrogen and oxygen atoms in total. The van der Waals surface area contributed by atoms with Crippen LogP contribution in [-0.2, 0) is 0 Å². The summed E-state index contributed by atoms with van der Waals surface area (Å²) in [5.74, 6) is -0.918. The lowest BCUT2D eigenvalue weighted by atomic mass is 10.1. The number of carbonyl (C=O) groups is 1. The number of benzene rings is 2. The number of halogens is 1. The fourth-order valence-corrected chi connectivity index (χ4v) is 2.38. The predicted octanol–water partition coefficient (Wildman–Crippen LogP) is 4.24. The average molecular weight is 290 g/mol. The van der Waals surface area contributed by atoms with Crippen molar-refractivity contribution in [2.45, 2.75) is 13.0 Å². The second kappa shape index (κ2) is 5.97. The van der Waals surface area contributed by atoms with Crippen molar-refractivity contribution >= 4 is 23.3 Å². The van der Waals surface area contributed by atoms with E-state index in [2.05, 4.69) is 11.8 Å². The fourth-order valence-electron chi connectivity index (χ4n) is 2.09. The van der Waals surface area contributed by atoms with Crippen molar-refractivity contribution in [2.24, 2.45) is 0 Å². The minimum atomic E-state index is -0.918. The second-order valence-corrected chi connectivity index (χ2v) is 5.07. The molecular weight excluding hydrogens is 274 g/mol. The van der Waals surface area contributed by atoms with Crippen molar-refractivity contribution in [3.8, 4) is 0 Å². The summed E-state index contributed by atoms with van der Waals surface area (Å²) in [6.07, 6.45) is 0. The Morgan fingerprint density at radius 2 is 1.75 bits per heavy atom. The molecule has 0 radical (unpaired) electrons. The van der Waals surface area contributed by atoms with Crippen molar-refractivity contribution in [1.29, 1.82) is 0 Å². The summed E-state index contributed by atoms with van der Waals surface area (Å²) in [6.45, 7) is 2.06. The van der Waals surface area contributed by atoms with Crippen LogP contribution in [0.2, 0.25) is 5.02 Å². The molecular formula is C16H16ClNO2. The number of hydrogen-bond donors (Lipinski definition) is 1. The summed E-state index contributed by atoms with van der Waals surface area (Å²) < 4.78 is 0. The molecule has 0 aliphatic heterocycles. The summed E-state index contributed by atoms with van der Waals surface area (Å²) in [7, 11) is 1.96. The highest BCUT2D eigenvalue weighted by molar-refractivity contribution is 6.31. The van der Waals surface area contributed by atoms with Gasteiger partial charge in [0.15, 0.2) is 0 Å². The van der Waals surface area contributed by atoms with Gasteiger partial charge in [-0.3, -0.25) is 0 Å². The maximum Gasteiger partial charge on any atom is 0.335 e. The number of aromatic carboxylic acids is 1. The number of rotatable bonds is 4. The van der Waals surface area contributed by atoms with E-state index in [4.69, 9.17) is 16.7 Å². The molecule has 0 aliphatic carbocycles. The topological polar surface area (TPSA) is 40.5 Å². The fraction of sp³-hybridized carbons (Fsp3) is 0.188. The highest BCUT2D eigenvalue weighted by Gasteiger charge is 2.15. The van der Waals surface area contributed by atoms with Crippen LogP contribution < -0.4 is 4.90 Å². The number of carboxylic acid groups (broad SMARTS) is 1. The van der Waals surface area contributed by atoms with Crippen LogP contribution in [0.3, 0.4) is 0 Å². The number of carboxylic acids is 1. The van der Waals surface area contributed by atoms with Crippen molar-refractivity contribution in [3.63, 3.8) is 0 Å². The Hall–Kier alpha value is -2.00. The van der Waals surface area contributed by atoms with Crippen LogP contribution in [0.25, 0.3) is 0 Å². The number of anilines is 1. The summed E-state index contributed by atoms with van der Waals surface area (Å²) in [5.41, 5.74) is 2.27. The lowest BCUT2D eigenvalue weighted by Crippen LogP contribution is -2.21. The Morgan fingerprint density at radius 1 is 1.15 bits per heavy atom. The predicted molar refractivity (Wildman–Crippen MR) is 81.7 cm³/mol. The van der Waals surface area contributed by atoms with Gasteiger partial charge in [0.05, 0.1) is 11.6 Å². The minimum absolute atomic E-state index is 0.0966. The molecule has 20 heavy (non-hydrogen) atoms. The van der Waals surface area contributed by atoms with E-state index < -0.39 is 5.97 Å². The van der Waals surface area contributed by atoms with E-state index in [0.717, 1.165) is 16.3 Å². The third-order valence-corrected chi connectivity index (χ3v) is 3.80. The van der Waals surface area contributed by atoms with E-state index >= 15 is 0 Å². The molecule has 0 aromatic heterocycles. The molecule has 0 bridgehead atoms. The lowest BCUT2D eigenvalue weighted by molar-refractivity contribution is 0.0697. The summed E-state index contributed by atoms with van der Waals surface area (Å²) in [4.78, 5) is 12.9. The molecule has 0 spiro atoms. The van der Waals surface area contributed by atoms with E-state index in [-0.39, 0.29) is 11.6 Å². The van der Waals surface area contributed by atoms with Crippen molar-refractivity contribution in [3.05, 3.63) is 64.7 Å². The van der Waals surface area contributed by atoms with Gasteiger partial charge in [0, 0.05) is 17.8 Å². The maximum atomic E-state index is 10.9. The van der Waals surface area contributed by atoms with Gasteiger partial charge in [0.1, 0.15) is 0 Å². The Morgan fingerprint density at radius 3 is 2.30 bits per heavy atom. The SMILES string of the molecule is C[C@@H](c1ccccc1Cl)N(C)c1ccc(C(=O)O)cc1. The van der Waals surface area contributed by atoms with E-state index in [1.165, 1.54) is 0 Å². The Kier molecular flexibility index (Phi) is 4.30. The quantitative estimate of drug-likeness (QED) is 0.915. The second-order valence-electron chi connectivity index (χ2n) is 4.66. The van der Waals surface area contributed by atoms with Crippen molar-refractivity contribution < 1.29 is 9.90 Å². The van der Waals surface area contributed by atoms with E-state index in [0.29, 0.717) is 0 Å². The Labute approximate surface area is 123 Å². The molecule has 104 valence electrons. The van der Waals surface area contributed by atoms with Crippen molar-refractivity contribution in [1.82, 2.24) is 0 Å². The average Bonchev–Trinajstić information content (AvgIpc) is 2.46. The summed E-state index contributed by atoms with van der Waals surface area (Å²) in [6, 6.07) is 14.6. The van der Waals surface area contributed by atoms with Crippen molar-refractivity contribution in [2.75, 3.05) is 11.9 Å². The van der Waals surface area contributed by atoms with Gasteiger partial charge in [0.2, 0.25) is 0 Å². The third kappa shape index (κ3) is 2.94. The molecule has 0 unspecified atom stereocenters. The van der Waals surface area contributed by atoms with E-state index in [9.17, 15) is 4.79 Å². The first kappa shape index (κ1) is 14.4. The summed E-state index contributed by atoms with van der Waals surface area (Å²) in [5, 5.41) is 9.64. The monoisotopic (exact) mass is 289 g/mol. The van der Waals surface area contributed by atoms with Gasteiger partial charge in [0.25, 0.3) is 0 Å². The highest BCUT2D eigenvalue weighted by atomic mass is 35.5. The zero-order chi connectivity index (χ0) is 14.7. The number of hydrogen-bond acceptors (Lipinski definition) is 2. The van der Waals surface area contributed by atoms with Crippen LogP contribution in [0.4, 0.5) is 5.69 Å². The lowest BCUT2D eigenvalue weighted by Gasteiger charge is -2.28. The van der Waals surface area contributed by atoms with Gasteiger partial charge in [-0.25, -0.2) is 4.79 Å². The highest BCUT2D eigenvalue weighted by Crippen LogP contribution is 2.29. The molecule has 2 aromatic rings. The Bertz CT molecular complexity index is 610. The standard InChI is InChI=1S/C16H16ClNO2/c1-11(14-5-3-4-6-15(14)17)18(2)13-9-7-12(8-10-13)16(19)20/h3-11H,1-2H3,(H,19,20)/t11-/m0/s1. The largest absolute Gasteiger partial charge is 0.478 e. The van der Waals surface area contributed by atoms with Crippen LogP contribution >= 0.6 is 11.6 Å². The zero-order valence-electron chi connectivity index (χ0n) is 11.4. The molecule has 1 N–H and O–H groups in total. The van der Waals surface area contributed by atoms with E-state index in [1.54, 1.807) is 24.3 Å². The molecule has 0 heterocycles. The maximum absolute atomic E-state index is 10.9. The molecule has 0 saturated heterocycles. The normalized spacial score (nSPS) is 11.9. The minimum Gasteiger partial charge on any atom is -0.478 e. The molecule has 0 saturated carbocycles. The first-order valence-corrected chi connectivity index (χ1v) is 6.69. The van der Waals surface area contributed by atoms with Crippen LogP contribution in [0.15, 0.2) is 48.5 Å². The third-order valence-electron chi connectivity index (χ3n) is 3.46. The molecule has 2 rings (SSSR count). The first-order valence-electron chi connectivity index (χ1n) is 6.31.